The molecule has 2 aliphatic heterocycles. The molecule has 2 heterocycles. The van der Waals surface area contributed by atoms with Crippen LogP contribution in [-0.4, -0.2) is 36.7 Å². The molecule has 0 radical (unpaired) electrons. The molecule has 2 amide bonds. The van der Waals surface area contributed by atoms with Gasteiger partial charge in [0.25, 0.3) is 0 Å². The molecule has 2 aromatic rings. The minimum Gasteiger partial charge on any atom is -0.318 e. The number of sulfone groups is 1. The molecule has 1 unspecified atom stereocenters. The quantitative estimate of drug-likeness (QED) is 0.869. The molecule has 4 rings (SSSR count). The Kier molecular flexibility index (Phi) is 4.63. The van der Waals surface area contributed by atoms with E-state index in [9.17, 15) is 17.6 Å². The van der Waals surface area contributed by atoms with Crippen molar-refractivity contribution in [1.82, 2.24) is 4.90 Å². The van der Waals surface area contributed by atoms with Crippen LogP contribution in [0.25, 0.3) is 0 Å². The van der Waals surface area contributed by atoms with E-state index < -0.39 is 15.1 Å². The van der Waals surface area contributed by atoms with Gasteiger partial charge >= 0.3 is 6.03 Å². The van der Waals surface area contributed by atoms with Crippen LogP contribution < -0.4 is 5.32 Å². The highest BCUT2D eigenvalue weighted by Gasteiger charge is 2.47. The van der Waals surface area contributed by atoms with E-state index in [1.807, 2.05) is 0 Å². The van der Waals surface area contributed by atoms with Crippen molar-refractivity contribution in [2.45, 2.75) is 47.9 Å². The summed E-state index contributed by atoms with van der Waals surface area (Å²) in [5.74, 6) is -0.361. The van der Waals surface area contributed by atoms with E-state index in [4.69, 9.17) is 0 Å². The summed E-state index contributed by atoms with van der Waals surface area (Å²) >= 11 is 0. The predicted molar refractivity (Wildman–Crippen MR) is 101 cm³/mol. The Morgan fingerprint density at radius 3 is 2.15 bits per heavy atom. The highest BCUT2D eigenvalue weighted by Crippen LogP contribution is 2.40. The van der Waals surface area contributed by atoms with Gasteiger partial charge in [-0.2, -0.15) is 0 Å². The summed E-state index contributed by atoms with van der Waals surface area (Å²) in [6, 6.07) is 13.7. The topological polar surface area (TPSA) is 66.5 Å². The number of urea groups is 1. The summed E-state index contributed by atoms with van der Waals surface area (Å²) in [5, 5.41) is 2.33. The number of hydrogen-bond acceptors (Lipinski definition) is 3. The Labute approximate surface area is 158 Å². The highest BCUT2D eigenvalue weighted by atomic mass is 32.2. The number of carbonyl (C=O) groups is 1. The average molecular weight is 388 g/mol. The van der Waals surface area contributed by atoms with Crippen molar-refractivity contribution < 1.29 is 17.6 Å². The zero-order valence-corrected chi connectivity index (χ0v) is 15.5. The number of rotatable bonds is 3. The molecule has 0 saturated carbocycles. The number of piperidine rings is 1. The summed E-state index contributed by atoms with van der Waals surface area (Å²) in [4.78, 5) is 14.8. The third kappa shape index (κ3) is 3.43. The maximum Gasteiger partial charge on any atom is 0.322 e. The van der Waals surface area contributed by atoms with Crippen molar-refractivity contribution in [3.8, 4) is 0 Å². The number of nitrogens with one attached hydrogen (secondary N) is 1. The second-order valence-electron chi connectivity index (χ2n) is 7.18. The largest absolute Gasteiger partial charge is 0.322 e. The van der Waals surface area contributed by atoms with Crippen LogP contribution in [0.3, 0.4) is 0 Å². The maximum absolute atomic E-state index is 13.0. The first-order valence-electron chi connectivity index (χ1n) is 9.09. The molecular weight excluding hydrogens is 367 g/mol. The molecule has 0 spiro atoms. The summed E-state index contributed by atoms with van der Waals surface area (Å²) in [6.07, 6.45) is 2.51. The number of halogens is 1. The monoisotopic (exact) mass is 388 g/mol. The van der Waals surface area contributed by atoms with Gasteiger partial charge in [0.15, 0.2) is 9.84 Å². The van der Waals surface area contributed by atoms with Gasteiger partial charge in [0.05, 0.1) is 10.1 Å². The Morgan fingerprint density at radius 2 is 1.56 bits per heavy atom. The van der Waals surface area contributed by atoms with Crippen molar-refractivity contribution in [2.24, 2.45) is 0 Å². The molecule has 0 aliphatic carbocycles. The van der Waals surface area contributed by atoms with Crippen LogP contribution in [0.2, 0.25) is 0 Å². The zero-order valence-electron chi connectivity index (χ0n) is 14.7. The lowest BCUT2D eigenvalue weighted by molar-refractivity contribution is 0.160. The van der Waals surface area contributed by atoms with Crippen LogP contribution in [0, 0.1) is 5.82 Å². The predicted octanol–water partition coefficient (Wildman–Crippen LogP) is 3.83. The lowest BCUT2D eigenvalue weighted by Crippen LogP contribution is -2.51. The molecule has 27 heavy (non-hydrogen) atoms. The van der Waals surface area contributed by atoms with E-state index in [-0.39, 0.29) is 23.9 Å². The number of nitrogens with zero attached hydrogens (tertiary/aromatic N) is 1. The molecule has 2 fully saturated rings. The summed E-state index contributed by atoms with van der Waals surface area (Å²) in [5.41, 5.74) is 0.528. The number of fused-ring (bicyclic) bond motifs is 2. The number of hydrogen-bond donors (Lipinski definition) is 1. The third-order valence-electron chi connectivity index (χ3n) is 5.53. The number of anilines is 1. The standard InChI is InChI=1S/C20H21FN2O3S/c21-14-6-8-15(9-7-14)22-20(24)23-16-10-11-17(23)13-19(12-16)27(25,26)18-4-2-1-3-5-18/h1-9,16-17,19H,10-13H2,(H,22,24)/t16-,17+,19?. The summed E-state index contributed by atoms with van der Waals surface area (Å²) in [6.45, 7) is 0. The molecule has 5 nitrogen and oxygen atoms in total. The van der Waals surface area contributed by atoms with Crippen LogP contribution in [-0.2, 0) is 9.84 Å². The van der Waals surface area contributed by atoms with Gasteiger partial charge in [-0.15, -0.1) is 0 Å². The fourth-order valence-electron chi connectivity index (χ4n) is 4.24. The lowest BCUT2D eigenvalue weighted by Gasteiger charge is -2.38. The molecule has 7 heteroatoms. The zero-order chi connectivity index (χ0) is 19.0. The van der Waals surface area contributed by atoms with Gasteiger partial charge in [0.1, 0.15) is 5.82 Å². The van der Waals surface area contributed by atoms with E-state index in [2.05, 4.69) is 5.32 Å². The fourth-order valence-corrected chi connectivity index (χ4v) is 6.11. The molecular formula is C20H21FN2O3S. The molecule has 2 aliphatic rings. The van der Waals surface area contributed by atoms with Gasteiger partial charge < -0.3 is 10.2 Å². The van der Waals surface area contributed by atoms with E-state index in [1.54, 1.807) is 35.2 Å². The molecule has 2 aromatic carbocycles. The molecule has 0 aromatic heterocycles. The Hall–Kier alpha value is -2.41. The smallest absolute Gasteiger partial charge is 0.318 e. The second-order valence-corrected chi connectivity index (χ2v) is 9.41. The van der Waals surface area contributed by atoms with E-state index in [0.29, 0.717) is 23.4 Å². The van der Waals surface area contributed by atoms with Crippen molar-refractivity contribution in [1.29, 1.82) is 0 Å². The first-order valence-corrected chi connectivity index (χ1v) is 10.6. The van der Waals surface area contributed by atoms with E-state index in [1.165, 1.54) is 24.3 Å². The number of carbonyl (C=O) groups excluding carboxylic acids is 1. The van der Waals surface area contributed by atoms with Crippen LogP contribution in [0.5, 0.6) is 0 Å². The van der Waals surface area contributed by atoms with Crippen LogP contribution in [0.4, 0.5) is 14.9 Å². The van der Waals surface area contributed by atoms with E-state index >= 15 is 0 Å². The minimum absolute atomic E-state index is 0.0901. The summed E-state index contributed by atoms with van der Waals surface area (Å²) in [7, 11) is -3.40. The van der Waals surface area contributed by atoms with Gasteiger partial charge in [0.2, 0.25) is 0 Å². The first-order chi connectivity index (χ1) is 12.9. The van der Waals surface area contributed by atoms with E-state index in [0.717, 1.165) is 12.8 Å². The highest BCUT2D eigenvalue weighted by molar-refractivity contribution is 7.92. The molecule has 2 bridgehead atoms. The number of amides is 2. The number of benzene rings is 2. The van der Waals surface area contributed by atoms with Crippen LogP contribution >= 0.6 is 0 Å². The van der Waals surface area contributed by atoms with Gasteiger partial charge in [-0.1, -0.05) is 18.2 Å². The molecule has 3 atom stereocenters. The fraction of sp³-hybridized carbons (Fsp3) is 0.350. The SMILES string of the molecule is O=C(Nc1ccc(F)cc1)N1[C@@H]2CC[C@H]1CC(S(=O)(=O)c1ccccc1)C2. The average Bonchev–Trinajstić information content (AvgIpc) is 2.94. The van der Waals surface area contributed by atoms with Gasteiger partial charge in [-0.3, -0.25) is 0 Å². The molecule has 2 saturated heterocycles. The van der Waals surface area contributed by atoms with Crippen LogP contribution in [0.15, 0.2) is 59.5 Å². The first kappa shape index (κ1) is 18.0. The maximum atomic E-state index is 13.0. The Morgan fingerprint density at radius 1 is 0.963 bits per heavy atom. The van der Waals surface area contributed by atoms with Crippen molar-refractivity contribution in [3.63, 3.8) is 0 Å². The van der Waals surface area contributed by atoms with Gasteiger partial charge in [0, 0.05) is 17.8 Å². The Balaban J connectivity index is 1.49. The molecule has 142 valence electrons. The molecule has 1 N–H and O–H groups in total. The summed E-state index contributed by atoms with van der Waals surface area (Å²) < 4.78 is 38.9. The van der Waals surface area contributed by atoms with Crippen molar-refractivity contribution >= 4 is 21.6 Å². The van der Waals surface area contributed by atoms with Crippen molar-refractivity contribution in [2.75, 3.05) is 5.32 Å². The van der Waals surface area contributed by atoms with Crippen molar-refractivity contribution in [3.05, 3.63) is 60.4 Å². The van der Waals surface area contributed by atoms with Gasteiger partial charge in [-0.25, -0.2) is 17.6 Å². The van der Waals surface area contributed by atoms with Gasteiger partial charge in [-0.05, 0) is 62.1 Å². The lowest BCUT2D eigenvalue weighted by atomic mass is 10.0. The normalized spacial score (nSPS) is 24.6. The second kappa shape index (κ2) is 6.96. The van der Waals surface area contributed by atoms with Crippen LogP contribution in [0.1, 0.15) is 25.7 Å². The Bertz CT molecular complexity index is 917. The minimum atomic E-state index is -3.40. The third-order valence-corrected chi connectivity index (χ3v) is 7.72.